The second kappa shape index (κ2) is 7.55. The van der Waals surface area contributed by atoms with Gasteiger partial charge in [-0.15, -0.1) is 0 Å². The van der Waals surface area contributed by atoms with E-state index in [4.69, 9.17) is 0 Å². The normalized spacial score (nSPS) is 11.5. The number of H-pyrrole nitrogens is 1. The Morgan fingerprint density at radius 1 is 1.07 bits per heavy atom. The van der Waals surface area contributed by atoms with Gasteiger partial charge in [-0.25, -0.2) is 8.78 Å². The van der Waals surface area contributed by atoms with Crippen molar-refractivity contribution in [1.29, 1.82) is 0 Å². The van der Waals surface area contributed by atoms with Crippen LogP contribution in [0.25, 0.3) is 32.8 Å². The molecule has 0 aliphatic rings. The van der Waals surface area contributed by atoms with Crippen molar-refractivity contribution in [3.05, 3.63) is 48.0 Å². The first-order valence-corrected chi connectivity index (χ1v) is 8.57. The van der Waals surface area contributed by atoms with Crippen molar-refractivity contribution < 1.29 is 37.3 Å². The molecule has 0 radical (unpaired) electrons. The Hall–Kier alpha value is -2.00. The van der Waals surface area contributed by atoms with Crippen LogP contribution in [-0.4, -0.2) is 37.1 Å². The number of nitrogens with zero attached hydrogens (tertiary/aromatic N) is 2. The molecule has 0 aliphatic carbocycles. The minimum Gasteiger partial charge on any atom is -1.00 e. The summed E-state index contributed by atoms with van der Waals surface area (Å²) >= 11 is 0. The summed E-state index contributed by atoms with van der Waals surface area (Å²) in [5.41, 5.74) is 4.26. The molecule has 4 rings (SSSR count). The standard InChI is InChI=1S/C20H20F2N4.HI/c1-25(2)9-8-23-18-12-6-4-5-7-17(12)26(3)20-13-10-14(21)15(22)11-16(13)24-19(18)20;/h4-7,10-11H,8-9H2,1-3H3,(H,23,24);1H. The van der Waals surface area contributed by atoms with Gasteiger partial charge in [0.25, 0.3) is 0 Å². The van der Waals surface area contributed by atoms with E-state index in [2.05, 4.69) is 21.3 Å². The predicted molar refractivity (Wildman–Crippen MR) is 101 cm³/mol. The molecule has 27 heavy (non-hydrogen) atoms. The Balaban J connectivity index is 0.00000210. The third-order valence-electron chi connectivity index (χ3n) is 4.79. The Morgan fingerprint density at radius 3 is 2.52 bits per heavy atom. The zero-order chi connectivity index (χ0) is 18.4. The maximum atomic E-state index is 13.9. The number of benzene rings is 2. The molecule has 142 valence electrons. The molecule has 0 saturated heterocycles. The van der Waals surface area contributed by atoms with E-state index < -0.39 is 11.6 Å². The summed E-state index contributed by atoms with van der Waals surface area (Å²) in [6.45, 7) is 1.64. The maximum absolute atomic E-state index is 13.9. The van der Waals surface area contributed by atoms with Crippen LogP contribution in [-0.2, 0) is 7.05 Å². The lowest BCUT2D eigenvalue weighted by molar-refractivity contribution is -0.616. The number of anilines is 1. The van der Waals surface area contributed by atoms with Gasteiger partial charge in [-0.1, -0.05) is 12.1 Å². The summed E-state index contributed by atoms with van der Waals surface area (Å²) in [5.74, 6) is -1.69. The summed E-state index contributed by atoms with van der Waals surface area (Å²) < 4.78 is 29.6. The number of halogens is 3. The van der Waals surface area contributed by atoms with Crippen LogP contribution in [0.4, 0.5) is 14.5 Å². The summed E-state index contributed by atoms with van der Waals surface area (Å²) in [5, 5.41) is 5.24. The number of hydrogen-bond donors (Lipinski definition) is 2. The first kappa shape index (κ1) is 19.8. The lowest BCUT2D eigenvalue weighted by Crippen LogP contribution is -3.00. The molecule has 2 aromatic heterocycles. The van der Waals surface area contributed by atoms with Crippen LogP contribution in [0.2, 0.25) is 0 Å². The second-order valence-corrected chi connectivity index (χ2v) is 6.84. The smallest absolute Gasteiger partial charge is 0.240 e. The Bertz CT molecular complexity index is 1140. The molecule has 0 bridgehead atoms. The number of likely N-dealkylation sites (N-methyl/N-ethyl adjacent to an activating group) is 1. The lowest BCUT2D eigenvalue weighted by atomic mass is 10.1. The zero-order valence-electron chi connectivity index (χ0n) is 15.4. The van der Waals surface area contributed by atoms with E-state index in [1.165, 1.54) is 12.1 Å². The van der Waals surface area contributed by atoms with E-state index in [0.29, 0.717) is 10.9 Å². The van der Waals surface area contributed by atoms with Gasteiger partial charge in [0.2, 0.25) is 11.0 Å². The minimum absolute atomic E-state index is 0. The number of hydrogen-bond acceptors (Lipinski definition) is 2. The molecule has 4 nitrogen and oxygen atoms in total. The van der Waals surface area contributed by atoms with Gasteiger partial charge in [0.05, 0.1) is 22.0 Å². The number of aromatic nitrogens is 2. The van der Waals surface area contributed by atoms with Gasteiger partial charge in [0.15, 0.2) is 11.6 Å². The van der Waals surface area contributed by atoms with E-state index in [0.717, 1.165) is 40.7 Å². The topological polar surface area (TPSA) is 34.9 Å². The van der Waals surface area contributed by atoms with E-state index in [1.54, 1.807) is 0 Å². The molecule has 7 heteroatoms. The fourth-order valence-electron chi connectivity index (χ4n) is 3.52. The number of para-hydroxylation sites is 1. The number of nitrogens with one attached hydrogen (secondary N) is 2. The van der Waals surface area contributed by atoms with Gasteiger partial charge in [-0.2, -0.15) is 4.57 Å². The van der Waals surface area contributed by atoms with E-state index in [9.17, 15) is 8.78 Å². The Morgan fingerprint density at radius 2 is 1.78 bits per heavy atom. The Labute approximate surface area is 173 Å². The van der Waals surface area contributed by atoms with Gasteiger partial charge in [-0.05, 0) is 26.2 Å². The molecular weight excluding hydrogens is 461 g/mol. The zero-order valence-corrected chi connectivity index (χ0v) is 17.6. The first-order valence-electron chi connectivity index (χ1n) is 8.57. The van der Waals surface area contributed by atoms with Crippen LogP contribution in [0.15, 0.2) is 36.4 Å². The van der Waals surface area contributed by atoms with Crippen molar-refractivity contribution >= 4 is 38.5 Å². The number of fused-ring (bicyclic) bond motifs is 4. The van der Waals surface area contributed by atoms with Crippen LogP contribution >= 0.6 is 0 Å². The highest BCUT2D eigenvalue weighted by Crippen LogP contribution is 2.34. The minimum atomic E-state index is -0.849. The molecule has 0 spiro atoms. The number of aryl methyl sites for hydroxylation is 1. The molecule has 0 fully saturated rings. The highest BCUT2D eigenvalue weighted by atomic mass is 127. The van der Waals surface area contributed by atoms with E-state index >= 15 is 0 Å². The van der Waals surface area contributed by atoms with Gasteiger partial charge >= 0.3 is 0 Å². The fourth-order valence-corrected chi connectivity index (χ4v) is 3.52. The highest BCUT2D eigenvalue weighted by molar-refractivity contribution is 6.13. The fraction of sp³-hybridized carbons (Fsp3) is 0.250. The van der Waals surface area contributed by atoms with Crippen LogP contribution in [0.1, 0.15) is 0 Å². The third-order valence-corrected chi connectivity index (χ3v) is 4.79. The van der Waals surface area contributed by atoms with Crippen LogP contribution in [0, 0.1) is 11.6 Å². The van der Waals surface area contributed by atoms with Crippen molar-refractivity contribution in [1.82, 2.24) is 9.88 Å². The van der Waals surface area contributed by atoms with Crippen molar-refractivity contribution in [2.45, 2.75) is 0 Å². The van der Waals surface area contributed by atoms with Crippen molar-refractivity contribution in [2.75, 3.05) is 32.5 Å². The van der Waals surface area contributed by atoms with Crippen LogP contribution < -0.4 is 33.9 Å². The summed E-state index contributed by atoms with van der Waals surface area (Å²) in [4.78, 5) is 5.38. The predicted octanol–water partition coefficient (Wildman–Crippen LogP) is 0.554. The van der Waals surface area contributed by atoms with Crippen molar-refractivity contribution in [3.63, 3.8) is 0 Å². The van der Waals surface area contributed by atoms with Crippen molar-refractivity contribution in [2.24, 2.45) is 7.05 Å². The summed E-state index contributed by atoms with van der Waals surface area (Å²) in [6.07, 6.45) is 0. The molecule has 0 atom stereocenters. The van der Waals surface area contributed by atoms with Crippen LogP contribution in [0.3, 0.4) is 0 Å². The quantitative estimate of drug-likeness (QED) is 0.330. The lowest BCUT2D eigenvalue weighted by Gasteiger charge is -2.13. The molecule has 2 N–H and O–H groups in total. The number of rotatable bonds is 4. The number of aromatic amines is 1. The number of pyridine rings is 1. The molecule has 4 aromatic rings. The monoisotopic (exact) mass is 482 g/mol. The van der Waals surface area contributed by atoms with Gasteiger partial charge in [0, 0.05) is 25.2 Å². The van der Waals surface area contributed by atoms with E-state index in [-0.39, 0.29) is 24.0 Å². The van der Waals surface area contributed by atoms with Crippen LogP contribution in [0.5, 0.6) is 0 Å². The van der Waals surface area contributed by atoms with Gasteiger partial charge in [-0.3, -0.25) is 0 Å². The first-order chi connectivity index (χ1) is 12.5. The molecule has 0 saturated carbocycles. The Kier molecular flexibility index (Phi) is 5.53. The molecule has 0 unspecified atom stereocenters. The molecule has 2 heterocycles. The van der Waals surface area contributed by atoms with Gasteiger partial charge < -0.3 is 39.2 Å². The summed E-state index contributed by atoms with van der Waals surface area (Å²) in [6, 6.07) is 10.5. The SMILES string of the molecule is CN(C)CCNc1c2ccccc2[n+](C)c2c1[nH]c1cc(F)c(F)cc12.[I-]. The summed E-state index contributed by atoms with van der Waals surface area (Å²) in [7, 11) is 5.99. The van der Waals surface area contributed by atoms with Crippen molar-refractivity contribution in [3.8, 4) is 0 Å². The molecular formula is C20H21F2IN4. The largest absolute Gasteiger partial charge is 1.00 e. The average Bonchev–Trinajstić information content (AvgIpc) is 2.96. The molecule has 0 amide bonds. The van der Waals surface area contributed by atoms with Gasteiger partial charge in [0.1, 0.15) is 12.6 Å². The molecule has 2 aromatic carbocycles. The molecule has 0 aliphatic heterocycles. The average molecular weight is 482 g/mol. The van der Waals surface area contributed by atoms with E-state index in [1.807, 2.05) is 43.9 Å². The third kappa shape index (κ3) is 3.34. The second-order valence-electron chi connectivity index (χ2n) is 6.84. The maximum Gasteiger partial charge on any atom is 0.240 e. The highest BCUT2D eigenvalue weighted by Gasteiger charge is 2.23.